The van der Waals surface area contributed by atoms with E-state index in [2.05, 4.69) is 22.2 Å². The first-order valence-corrected chi connectivity index (χ1v) is 14.4. The second kappa shape index (κ2) is 14.0. The van der Waals surface area contributed by atoms with Crippen molar-refractivity contribution in [1.29, 1.82) is 0 Å². The number of amides is 1. The number of nitrogens with zero attached hydrogens (tertiary/aromatic N) is 1. The Morgan fingerprint density at radius 2 is 1.55 bits per heavy atom. The number of carbonyl (C=O) groups is 1. The van der Waals surface area contributed by atoms with Crippen LogP contribution in [0.1, 0.15) is 17.5 Å². The molecule has 228 valence electrons. The summed E-state index contributed by atoms with van der Waals surface area (Å²) in [4.78, 5) is 31.8. The zero-order valence-corrected chi connectivity index (χ0v) is 25.4. The van der Waals surface area contributed by atoms with Gasteiger partial charge in [0.15, 0.2) is 16.9 Å². The number of anilines is 1. The molecule has 44 heavy (non-hydrogen) atoms. The molecular formula is C35H37N3O6. The van der Waals surface area contributed by atoms with Crippen LogP contribution in [0.2, 0.25) is 0 Å². The number of fused-ring (bicyclic) bond motifs is 2. The van der Waals surface area contributed by atoms with Crippen LogP contribution >= 0.6 is 0 Å². The van der Waals surface area contributed by atoms with Gasteiger partial charge in [0.05, 0.1) is 45.4 Å². The maximum absolute atomic E-state index is 13.2. The average molecular weight is 596 g/mol. The Morgan fingerprint density at radius 1 is 0.818 bits per heavy atom. The highest BCUT2D eigenvalue weighted by Crippen LogP contribution is 2.28. The molecule has 4 aromatic carbocycles. The standard InChI is InChI=1S/C35H37N3O6/c1-38(22-23-15-16-29(41-2)31(19-23)43-4)17-8-18-44-26-11-6-10-25(21-26)36-32(39)20-24-9-5-12-27-33(24)37-34-28(35(27)40)13-7-14-30(34)42-3/h5-7,9-16,19,21H,8,17-18,20,22H2,1-4H3,(H,36,39)(H,37,40). The first-order valence-electron chi connectivity index (χ1n) is 14.4. The summed E-state index contributed by atoms with van der Waals surface area (Å²) in [6.07, 6.45) is 0.921. The van der Waals surface area contributed by atoms with Crippen LogP contribution in [-0.4, -0.2) is 57.3 Å². The van der Waals surface area contributed by atoms with Crippen molar-refractivity contribution in [1.82, 2.24) is 9.88 Å². The first kappa shape index (κ1) is 30.4. The molecule has 0 aliphatic rings. The van der Waals surface area contributed by atoms with Gasteiger partial charge in [0, 0.05) is 35.6 Å². The number of ether oxygens (including phenoxy) is 4. The molecule has 0 atom stereocenters. The highest BCUT2D eigenvalue weighted by atomic mass is 16.5. The van der Waals surface area contributed by atoms with Gasteiger partial charge in [-0.3, -0.25) is 9.59 Å². The molecule has 5 aromatic rings. The zero-order valence-electron chi connectivity index (χ0n) is 25.4. The van der Waals surface area contributed by atoms with Gasteiger partial charge in [-0.05, 0) is 67.1 Å². The predicted octanol–water partition coefficient (Wildman–Crippen LogP) is 5.79. The van der Waals surface area contributed by atoms with Crippen molar-refractivity contribution in [3.63, 3.8) is 0 Å². The maximum atomic E-state index is 13.2. The number of methoxy groups -OCH3 is 3. The summed E-state index contributed by atoms with van der Waals surface area (Å²) >= 11 is 0. The Balaban J connectivity index is 1.17. The molecule has 0 fully saturated rings. The number of aromatic nitrogens is 1. The van der Waals surface area contributed by atoms with E-state index in [-0.39, 0.29) is 17.8 Å². The zero-order chi connectivity index (χ0) is 31.1. The molecule has 0 aliphatic heterocycles. The second-order valence-corrected chi connectivity index (χ2v) is 10.6. The van der Waals surface area contributed by atoms with Gasteiger partial charge in [0.25, 0.3) is 0 Å². The molecular weight excluding hydrogens is 558 g/mol. The van der Waals surface area contributed by atoms with Gasteiger partial charge >= 0.3 is 0 Å². The quantitative estimate of drug-likeness (QED) is 0.131. The third kappa shape index (κ3) is 6.95. The summed E-state index contributed by atoms with van der Waals surface area (Å²) in [7, 11) is 6.89. The van der Waals surface area contributed by atoms with E-state index >= 15 is 0 Å². The number of H-pyrrole nitrogens is 1. The van der Waals surface area contributed by atoms with Crippen molar-refractivity contribution in [3.8, 4) is 23.0 Å². The van der Waals surface area contributed by atoms with E-state index in [1.165, 1.54) is 0 Å². The molecule has 0 bridgehead atoms. The third-order valence-electron chi connectivity index (χ3n) is 7.46. The van der Waals surface area contributed by atoms with E-state index in [9.17, 15) is 9.59 Å². The van der Waals surface area contributed by atoms with Gasteiger partial charge in [-0.25, -0.2) is 0 Å². The molecule has 0 unspecified atom stereocenters. The summed E-state index contributed by atoms with van der Waals surface area (Å²) in [5.74, 6) is 2.48. The molecule has 0 spiro atoms. The SMILES string of the molecule is COc1ccc(CN(C)CCCOc2cccc(NC(=O)Cc3cccc4c(=O)c5cccc(OC)c5[nH]c34)c2)cc1OC. The van der Waals surface area contributed by atoms with Crippen molar-refractivity contribution >= 4 is 33.4 Å². The largest absolute Gasteiger partial charge is 0.495 e. The molecule has 0 radical (unpaired) electrons. The summed E-state index contributed by atoms with van der Waals surface area (Å²) in [5, 5.41) is 4.03. The fraction of sp³-hybridized carbons (Fsp3) is 0.257. The number of benzene rings is 4. The van der Waals surface area contributed by atoms with Crippen molar-refractivity contribution in [2.75, 3.05) is 46.8 Å². The van der Waals surface area contributed by atoms with Crippen LogP contribution in [-0.2, 0) is 17.8 Å². The van der Waals surface area contributed by atoms with Crippen LogP contribution < -0.4 is 29.7 Å². The summed E-state index contributed by atoms with van der Waals surface area (Å²) in [6.45, 7) is 2.16. The van der Waals surface area contributed by atoms with Crippen molar-refractivity contribution < 1.29 is 23.7 Å². The van der Waals surface area contributed by atoms with Crippen molar-refractivity contribution in [3.05, 3.63) is 100 Å². The Labute approximate surface area is 256 Å². The highest BCUT2D eigenvalue weighted by Gasteiger charge is 2.14. The lowest BCUT2D eigenvalue weighted by molar-refractivity contribution is -0.115. The van der Waals surface area contributed by atoms with Crippen LogP contribution in [0, 0.1) is 0 Å². The molecule has 0 saturated heterocycles. The number of carbonyl (C=O) groups excluding carboxylic acids is 1. The van der Waals surface area contributed by atoms with E-state index < -0.39 is 0 Å². The van der Waals surface area contributed by atoms with Crippen LogP contribution in [0.25, 0.3) is 21.8 Å². The summed E-state index contributed by atoms with van der Waals surface area (Å²) in [5.41, 5.74) is 3.62. The molecule has 2 N–H and O–H groups in total. The van der Waals surface area contributed by atoms with Gasteiger partial charge in [-0.15, -0.1) is 0 Å². The van der Waals surface area contributed by atoms with Gasteiger partial charge in [0.1, 0.15) is 11.5 Å². The number of rotatable bonds is 13. The van der Waals surface area contributed by atoms with Gasteiger partial charge in [-0.1, -0.05) is 30.3 Å². The number of hydrogen-bond donors (Lipinski definition) is 2. The average Bonchev–Trinajstić information content (AvgIpc) is 3.03. The number of aromatic amines is 1. The number of hydrogen-bond acceptors (Lipinski definition) is 7. The lowest BCUT2D eigenvalue weighted by atomic mass is 10.0. The Bertz CT molecular complexity index is 1830. The maximum Gasteiger partial charge on any atom is 0.228 e. The summed E-state index contributed by atoms with van der Waals surface area (Å²) in [6, 6.07) is 24.1. The third-order valence-corrected chi connectivity index (χ3v) is 7.46. The van der Waals surface area contributed by atoms with Crippen LogP contribution in [0.4, 0.5) is 5.69 Å². The van der Waals surface area contributed by atoms with Crippen molar-refractivity contribution in [2.45, 2.75) is 19.4 Å². The van der Waals surface area contributed by atoms with Crippen molar-refractivity contribution in [2.24, 2.45) is 0 Å². The first-order chi connectivity index (χ1) is 21.4. The molecule has 9 heteroatoms. The van der Waals surface area contributed by atoms with E-state index in [0.717, 1.165) is 36.4 Å². The van der Waals surface area contributed by atoms with Gasteiger partial charge in [-0.2, -0.15) is 0 Å². The molecule has 1 heterocycles. The molecule has 0 aliphatic carbocycles. The molecule has 0 saturated carbocycles. The van der Waals surface area contributed by atoms with E-state index in [1.54, 1.807) is 51.7 Å². The fourth-order valence-corrected chi connectivity index (χ4v) is 5.31. The van der Waals surface area contributed by atoms with Crippen LogP contribution in [0.15, 0.2) is 83.7 Å². The van der Waals surface area contributed by atoms with Gasteiger partial charge in [0.2, 0.25) is 5.91 Å². The Hall–Kier alpha value is -5.02. The highest BCUT2D eigenvalue weighted by molar-refractivity contribution is 5.99. The molecule has 1 aromatic heterocycles. The topological polar surface area (TPSA) is 102 Å². The second-order valence-electron chi connectivity index (χ2n) is 10.6. The number of para-hydroxylation sites is 2. The minimum atomic E-state index is -0.201. The number of pyridine rings is 1. The minimum Gasteiger partial charge on any atom is -0.495 e. The van der Waals surface area contributed by atoms with Crippen LogP contribution in [0.5, 0.6) is 23.0 Å². The summed E-state index contributed by atoms with van der Waals surface area (Å²) < 4.78 is 22.2. The molecule has 9 nitrogen and oxygen atoms in total. The lowest BCUT2D eigenvalue weighted by Gasteiger charge is -2.18. The number of nitrogens with one attached hydrogen (secondary N) is 2. The van der Waals surface area contributed by atoms with Gasteiger partial charge < -0.3 is 34.1 Å². The monoisotopic (exact) mass is 595 g/mol. The van der Waals surface area contributed by atoms with E-state index in [0.29, 0.717) is 51.3 Å². The Kier molecular flexibility index (Phi) is 9.66. The van der Waals surface area contributed by atoms with E-state index in [4.69, 9.17) is 18.9 Å². The van der Waals surface area contributed by atoms with Crippen LogP contribution in [0.3, 0.4) is 0 Å². The smallest absolute Gasteiger partial charge is 0.228 e. The lowest BCUT2D eigenvalue weighted by Crippen LogP contribution is -2.20. The minimum absolute atomic E-state index is 0.0887. The normalized spacial score (nSPS) is 11.1. The fourth-order valence-electron chi connectivity index (χ4n) is 5.31. The Morgan fingerprint density at radius 3 is 2.32 bits per heavy atom. The molecule has 5 rings (SSSR count). The van der Waals surface area contributed by atoms with E-state index in [1.807, 2.05) is 48.5 Å². The predicted molar refractivity (Wildman–Crippen MR) is 173 cm³/mol. The molecule has 1 amide bonds.